The highest BCUT2D eigenvalue weighted by molar-refractivity contribution is 5.32. The molecule has 14 heavy (non-hydrogen) atoms. The van der Waals surface area contributed by atoms with Gasteiger partial charge in [0.15, 0.2) is 0 Å². The number of benzene rings is 1. The van der Waals surface area contributed by atoms with E-state index >= 15 is 0 Å². The molecule has 0 radical (unpaired) electrons. The summed E-state index contributed by atoms with van der Waals surface area (Å²) in [6, 6.07) is 3.55. The largest absolute Gasteiger partial charge is 0.332 e. The number of alkyl halides is 4. The Hall–Kier alpha value is -1.06. The third-order valence-corrected chi connectivity index (χ3v) is 2.17. The highest BCUT2D eigenvalue weighted by Gasteiger charge is 2.42. The van der Waals surface area contributed by atoms with E-state index in [0.29, 0.717) is 5.56 Å². The molecule has 0 saturated heterocycles. The molecule has 0 unspecified atom stereocenters. The number of hydrogen-bond donors (Lipinski definition) is 0. The van der Waals surface area contributed by atoms with Gasteiger partial charge in [-0.2, -0.15) is 8.78 Å². The molecule has 0 saturated carbocycles. The van der Waals surface area contributed by atoms with Gasteiger partial charge < -0.3 is 0 Å². The lowest BCUT2D eigenvalue weighted by Gasteiger charge is -2.16. The lowest BCUT2D eigenvalue weighted by Crippen LogP contribution is -2.23. The van der Waals surface area contributed by atoms with Crippen molar-refractivity contribution in [3.05, 3.63) is 34.9 Å². The van der Waals surface area contributed by atoms with Crippen molar-refractivity contribution in [2.75, 3.05) is 0 Å². The molecule has 0 amide bonds. The van der Waals surface area contributed by atoms with E-state index < -0.39 is 17.9 Å². The van der Waals surface area contributed by atoms with E-state index in [2.05, 4.69) is 0 Å². The van der Waals surface area contributed by atoms with Crippen LogP contribution in [-0.4, -0.2) is 6.43 Å². The van der Waals surface area contributed by atoms with Gasteiger partial charge in [-0.1, -0.05) is 12.1 Å². The maximum atomic E-state index is 12.8. The van der Waals surface area contributed by atoms with Crippen molar-refractivity contribution in [3.63, 3.8) is 0 Å². The van der Waals surface area contributed by atoms with E-state index in [9.17, 15) is 17.6 Å². The number of aryl methyl sites for hydroxylation is 2. The highest BCUT2D eigenvalue weighted by atomic mass is 19.3. The van der Waals surface area contributed by atoms with Crippen LogP contribution < -0.4 is 0 Å². The molecule has 4 heteroatoms. The molecular weight excluding hydrogens is 196 g/mol. The van der Waals surface area contributed by atoms with Gasteiger partial charge in [0, 0.05) is 5.56 Å². The Kier molecular flexibility index (Phi) is 2.83. The predicted octanol–water partition coefficient (Wildman–Crippen LogP) is 3.66. The summed E-state index contributed by atoms with van der Waals surface area (Å²) in [6.45, 7) is 3.35. The fourth-order valence-corrected chi connectivity index (χ4v) is 1.07. The SMILES string of the molecule is Cc1ccc(C(F)(F)C(F)F)cc1C. The van der Waals surface area contributed by atoms with Crippen LogP contribution in [0.5, 0.6) is 0 Å². The van der Waals surface area contributed by atoms with Crippen molar-refractivity contribution < 1.29 is 17.6 Å². The van der Waals surface area contributed by atoms with Crippen LogP contribution in [-0.2, 0) is 5.92 Å². The van der Waals surface area contributed by atoms with Gasteiger partial charge in [0.25, 0.3) is 0 Å². The van der Waals surface area contributed by atoms with E-state index in [1.807, 2.05) is 0 Å². The molecular formula is C10H10F4. The molecule has 0 atom stereocenters. The maximum absolute atomic E-state index is 12.8. The summed E-state index contributed by atoms with van der Waals surface area (Å²) in [7, 11) is 0. The Morgan fingerprint density at radius 1 is 1.07 bits per heavy atom. The van der Waals surface area contributed by atoms with Crippen LogP contribution in [0.3, 0.4) is 0 Å². The molecule has 0 aromatic heterocycles. The normalized spacial score (nSPS) is 12.2. The molecule has 0 N–H and O–H groups in total. The van der Waals surface area contributed by atoms with Crippen LogP contribution in [0, 0.1) is 13.8 Å². The summed E-state index contributed by atoms with van der Waals surface area (Å²) in [5.41, 5.74) is 0.761. The zero-order chi connectivity index (χ0) is 10.9. The third kappa shape index (κ3) is 1.89. The van der Waals surface area contributed by atoms with Gasteiger partial charge in [0.05, 0.1) is 0 Å². The lowest BCUT2D eigenvalue weighted by molar-refractivity contribution is -0.135. The minimum absolute atomic E-state index is 0.586. The summed E-state index contributed by atoms with van der Waals surface area (Å²) >= 11 is 0. The van der Waals surface area contributed by atoms with Gasteiger partial charge in [0.1, 0.15) is 0 Å². The first-order valence-corrected chi connectivity index (χ1v) is 4.09. The number of hydrogen-bond acceptors (Lipinski definition) is 0. The first-order valence-electron chi connectivity index (χ1n) is 4.09. The van der Waals surface area contributed by atoms with E-state index in [0.717, 1.165) is 17.7 Å². The second-order valence-corrected chi connectivity index (χ2v) is 3.22. The van der Waals surface area contributed by atoms with E-state index in [1.54, 1.807) is 13.8 Å². The van der Waals surface area contributed by atoms with Gasteiger partial charge in [0.2, 0.25) is 0 Å². The third-order valence-electron chi connectivity index (χ3n) is 2.17. The summed E-state index contributed by atoms with van der Waals surface area (Å²) in [5, 5.41) is 0. The minimum atomic E-state index is -4.06. The predicted molar refractivity (Wildman–Crippen MR) is 45.8 cm³/mol. The van der Waals surface area contributed by atoms with Crippen LogP contribution >= 0.6 is 0 Å². The topological polar surface area (TPSA) is 0 Å². The average molecular weight is 206 g/mol. The van der Waals surface area contributed by atoms with E-state index in [4.69, 9.17) is 0 Å². The van der Waals surface area contributed by atoms with Gasteiger partial charge in [-0.25, -0.2) is 8.78 Å². The molecule has 78 valence electrons. The smallest absolute Gasteiger partial charge is 0.203 e. The maximum Gasteiger partial charge on any atom is 0.332 e. The molecule has 1 aromatic carbocycles. The Bertz CT molecular complexity index is 331. The van der Waals surface area contributed by atoms with Crippen molar-refractivity contribution in [3.8, 4) is 0 Å². The van der Waals surface area contributed by atoms with Crippen LogP contribution in [0.1, 0.15) is 16.7 Å². The average Bonchev–Trinajstić information content (AvgIpc) is 2.09. The van der Waals surface area contributed by atoms with Crippen molar-refractivity contribution in [1.82, 2.24) is 0 Å². The molecule has 0 bridgehead atoms. The van der Waals surface area contributed by atoms with Crippen molar-refractivity contribution in [2.45, 2.75) is 26.2 Å². The second kappa shape index (κ2) is 3.59. The molecule has 0 aliphatic heterocycles. The Morgan fingerprint density at radius 2 is 1.64 bits per heavy atom. The van der Waals surface area contributed by atoms with Crippen molar-refractivity contribution in [1.29, 1.82) is 0 Å². The van der Waals surface area contributed by atoms with Crippen LogP contribution in [0.2, 0.25) is 0 Å². The quantitative estimate of drug-likeness (QED) is 0.648. The first-order chi connectivity index (χ1) is 6.35. The van der Waals surface area contributed by atoms with Gasteiger partial charge in [-0.05, 0) is 31.0 Å². The second-order valence-electron chi connectivity index (χ2n) is 3.22. The fraction of sp³-hybridized carbons (Fsp3) is 0.400. The zero-order valence-corrected chi connectivity index (χ0v) is 7.82. The van der Waals surface area contributed by atoms with Gasteiger partial charge in [-0.3, -0.25) is 0 Å². The monoisotopic (exact) mass is 206 g/mol. The van der Waals surface area contributed by atoms with Crippen LogP contribution in [0.15, 0.2) is 18.2 Å². The van der Waals surface area contributed by atoms with Crippen molar-refractivity contribution >= 4 is 0 Å². The summed E-state index contributed by atoms with van der Waals surface area (Å²) in [5.74, 6) is -4.06. The zero-order valence-electron chi connectivity index (χ0n) is 7.82. The molecule has 0 aliphatic rings. The van der Waals surface area contributed by atoms with Gasteiger partial charge in [-0.15, -0.1) is 0 Å². The van der Waals surface area contributed by atoms with Crippen LogP contribution in [0.25, 0.3) is 0 Å². The summed E-state index contributed by atoms with van der Waals surface area (Å²) < 4.78 is 49.6. The Morgan fingerprint density at radius 3 is 2.07 bits per heavy atom. The number of halogens is 4. The van der Waals surface area contributed by atoms with E-state index in [-0.39, 0.29) is 0 Å². The van der Waals surface area contributed by atoms with E-state index in [1.165, 1.54) is 6.07 Å². The van der Waals surface area contributed by atoms with Crippen LogP contribution in [0.4, 0.5) is 17.6 Å². The molecule has 1 rings (SSSR count). The van der Waals surface area contributed by atoms with Crippen molar-refractivity contribution in [2.24, 2.45) is 0 Å². The standard InChI is InChI=1S/C10H10F4/c1-6-3-4-8(5-7(6)2)10(13,14)9(11)12/h3-5,9H,1-2H3. The molecule has 0 nitrogen and oxygen atoms in total. The molecule has 1 aromatic rings. The molecule has 0 fully saturated rings. The first kappa shape index (κ1) is 11.0. The molecule has 0 heterocycles. The molecule has 0 spiro atoms. The summed E-state index contributed by atoms with van der Waals surface area (Å²) in [4.78, 5) is 0. The summed E-state index contributed by atoms with van der Waals surface area (Å²) in [6.07, 6.45) is -3.66. The fourth-order valence-electron chi connectivity index (χ4n) is 1.07. The highest BCUT2D eigenvalue weighted by Crippen LogP contribution is 2.35. The molecule has 0 aliphatic carbocycles. The Labute approximate surface area is 79.6 Å². The number of rotatable bonds is 2. The van der Waals surface area contributed by atoms with Gasteiger partial charge >= 0.3 is 12.3 Å². The Balaban J connectivity index is 3.14. The minimum Gasteiger partial charge on any atom is -0.203 e. The lowest BCUT2D eigenvalue weighted by atomic mass is 10.0.